The fourth-order valence-electron chi connectivity index (χ4n) is 9.59. The Labute approximate surface area is 299 Å². The van der Waals surface area contributed by atoms with E-state index in [1.807, 2.05) is 12.1 Å². The zero-order valence-electron chi connectivity index (χ0n) is 29.8. The van der Waals surface area contributed by atoms with Crippen LogP contribution in [-0.4, -0.2) is 68.1 Å². The van der Waals surface area contributed by atoms with E-state index in [-0.39, 0.29) is 41.7 Å². The van der Waals surface area contributed by atoms with Crippen LogP contribution in [0.4, 0.5) is 11.4 Å². The second-order valence-electron chi connectivity index (χ2n) is 15.0. The number of carbonyl (C=O) groups excluding carboxylic acids is 5. The number of piperidine rings is 2. The van der Waals surface area contributed by atoms with Gasteiger partial charge in [-0.05, 0) is 98.6 Å². The number of likely N-dealkylation sites (tertiary alicyclic amines) is 1. The molecule has 5 aliphatic rings. The summed E-state index contributed by atoms with van der Waals surface area (Å²) in [6, 6.07) is 12.6. The molecule has 2 heterocycles. The number of anilines is 2. The summed E-state index contributed by atoms with van der Waals surface area (Å²) in [4.78, 5) is 69.4. The standard InChI is InChI=1S/C40H49N3O8/c1-4-5-6-7-16-49-28-12-8-23(9-13-28)24-10-14-29(15-11-24)50-22-51-40(48)25-17-26(41-2)19-27(18-25)43-38(46)32-21-33(39(43)47)35-31-20-30(34(32)35)36(44)42(3)37(31)45/h10-11,14-15,17-19,23,28,30-35,41H,4-9,12-13,16,20-22H2,1-3H3. The highest BCUT2D eigenvalue weighted by Crippen LogP contribution is 2.61. The minimum atomic E-state index is -0.667. The van der Waals surface area contributed by atoms with Crippen molar-refractivity contribution in [3.8, 4) is 5.75 Å². The number of carbonyl (C=O) groups is 5. The molecule has 2 aromatic carbocycles. The summed E-state index contributed by atoms with van der Waals surface area (Å²) in [5.74, 6) is -3.55. The van der Waals surface area contributed by atoms with Gasteiger partial charge in [-0.1, -0.05) is 38.3 Å². The van der Waals surface area contributed by atoms with Gasteiger partial charge < -0.3 is 19.5 Å². The van der Waals surface area contributed by atoms with Gasteiger partial charge in [0.05, 0.1) is 17.4 Å². The van der Waals surface area contributed by atoms with E-state index in [4.69, 9.17) is 14.2 Å². The Morgan fingerprint density at radius 2 is 1.43 bits per heavy atom. The molecule has 272 valence electrons. The first-order valence-electron chi connectivity index (χ1n) is 18.7. The van der Waals surface area contributed by atoms with Gasteiger partial charge in [0.2, 0.25) is 30.4 Å². The van der Waals surface area contributed by atoms with E-state index in [1.54, 1.807) is 19.2 Å². The average Bonchev–Trinajstić information content (AvgIpc) is 3.69. The molecular weight excluding hydrogens is 650 g/mol. The molecule has 3 saturated carbocycles. The lowest BCUT2D eigenvalue weighted by atomic mass is 9.82. The van der Waals surface area contributed by atoms with Gasteiger partial charge in [0.1, 0.15) is 5.75 Å². The molecule has 6 atom stereocenters. The number of nitrogens with one attached hydrogen (secondary N) is 1. The first kappa shape index (κ1) is 35.2. The van der Waals surface area contributed by atoms with E-state index in [0.717, 1.165) is 43.6 Å². The van der Waals surface area contributed by atoms with Gasteiger partial charge >= 0.3 is 5.97 Å². The van der Waals surface area contributed by atoms with Crippen molar-refractivity contribution in [3.05, 3.63) is 53.6 Å². The maximum absolute atomic E-state index is 13.9. The number of benzene rings is 2. The lowest BCUT2D eigenvalue weighted by molar-refractivity contribution is -0.152. The van der Waals surface area contributed by atoms with Gasteiger partial charge in [0.25, 0.3) is 0 Å². The summed E-state index contributed by atoms with van der Waals surface area (Å²) in [5.41, 5.74) is 2.19. The van der Waals surface area contributed by atoms with Crippen LogP contribution in [0, 0.1) is 35.5 Å². The van der Waals surface area contributed by atoms with E-state index < -0.39 is 41.5 Å². The molecule has 4 bridgehead atoms. The molecule has 0 spiro atoms. The number of imide groups is 2. The predicted molar refractivity (Wildman–Crippen MR) is 189 cm³/mol. The number of rotatable bonds is 13. The molecule has 4 amide bonds. The van der Waals surface area contributed by atoms with Gasteiger partial charge in [-0.25, -0.2) is 9.69 Å². The van der Waals surface area contributed by atoms with Crippen LogP contribution in [0.1, 0.15) is 93.0 Å². The summed E-state index contributed by atoms with van der Waals surface area (Å²) in [6.07, 6.45) is 10.3. The molecule has 5 fully saturated rings. The molecule has 51 heavy (non-hydrogen) atoms. The number of ether oxygens (including phenoxy) is 3. The van der Waals surface area contributed by atoms with Crippen molar-refractivity contribution in [1.29, 1.82) is 0 Å². The molecule has 2 aromatic rings. The highest BCUT2D eigenvalue weighted by molar-refractivity contribution is 6.20. The van der Waals surface area contributed by atoms with Crippen LogP contribution in [0.2, 0.25) is 0 Å². The summed E-state index contributed by atoms with van der Waals surface area (Å²) in [6.45, 7) is 2.77. The molecule has 2 saturated heterocycles. The quantitative estimate of drug-likeness (QED) is 0.0890. The van der Waals surface area contributed by atoms with Gasteiger partial charge in [-0.2, -0.15) is 0 Å². The maximum atomic E-state index is 13.9. The molecule has 0 radical (unpaired) electrons. The molecule has 2 aliphatic heterocycles. The molecule has 11 nitrogen and oxygen atoms in total. The predicted octanol–water partition coefficient (Wildman–Crippen LogP) is 5.92. The van der Waals surface area contributed by atoms with E-state index in [0.29, 0.717) is 36.3 Å². The van der Waals surface area contributed by atoms with Crippen molar-refractivity contribution in [3.63, 3.8) is 0 Å². The van der Waals surface area contributed by atoms with E-state index in [2.05, 4.69) is 24.4 Å². The van der Waals surface area contributed by atoms with Crippen molar-refractivity contribution in [2.24, 2.45) is 35.5 Å². The fourth-order valence-corrected chi connectivity index (χ4v) is 9.59. The number of fused-ring (bicyclic) bond motifs is 9. The number of hydrogen-bond acceptors (Lipinski definition) is 9. The Bertz CT molecular complexity index is 1620. The Kier molecular flexibility index (Phi) is 10.2. The molecule has 1 N–H and O–H groups in total. The third-order valence-corrected chi connectivity index (χ3v) is 12.2. The third kappa shape index (κ3) is 6.65. The number of nitrogens with zero attached hydrogens (tertiary/aromatic N) is 2. The van der Waals surface area contributed by atoms with Crippen LogP contribution >= 0.6 is 0 Å². The first-order chi connectivity index (χ1) is 24.7. The van der Waals surface area contributed by atoms with Gasteiger partial charge in [-0.15, -0.1) is 0 Å². The molecular formula is C40H49N3O8. The van der Waals surface area contributed by atoms with Crippen molar-refractivity contribution < 1.29 is 38.2 Å². The van der Waals surface area contributed by atoms with Crippen LogP contribution < -0.4 is 15.0 Å². The Balaban J connectivity index is 0.951. The number of esters is 1. The van der Waals surface area contributed by atoms with Crippen molar-refractivity contribution in [2.75, 3.05) is 37.7 Å². The van der Waals surface area contributed by atoms with Crippen molar-refractivity contribution in [1.82, 2.24) is 4.90 Å². The Hall–Kier alpha value is -4.25. The summed E-state index contributed by atoms with van der Waals surface area (Å²) in [5, 5.41) is 3.00. The monoisotopic (exact) mass is 699 g/mol. The molecule has 7 rings (SSSR count). The Morgan fingerprint density at radius 3 is 2.04 bits per heavy atom. The summed E-state index contributed by atoms with van der Waals surface area (Å²) < 4.78 is 17.3. The minimum absolute atomic E-state index is 0.152. The smallest absolute Gasteiger partial charge is 0.341 e. The summed E-state index contributed by atoms with van der Waals surface area (Å²) in [7, 11) is 3.17. The summed E-state index contributed by atoms with van der Waals surface area (Å²) >= 11 is 0. The highest BCUT2D eigenvalue weighted by Gasteiger charge is 2.68. The third-order valence-electron chi connectivity index (χ3n) is 12.2. The lowest BCUT2D eigenvalue weighted by Crippen LogP contribution is -2.51. The molecule has 0 aromatic heterocycles. The Morgan fingerprint density at radius 1 is 0.804 bits per heavy atom. The minimum Gasteiger partial charge on any atom is -0.457 e. The topological polar surface area (TPSA) is 132 Å². The van der Waals surface area contributed by atoms with Crippen LogP contribution in [0.5, 0.6) is 5.75 Å². The van der Waals surface area contributed by atoms with E-state index in [9.17, 15) is 24.0 Å². The number of amides is 4. The lowest BCUT2D eigenvalue weighted by Gasteiger charge is -2.35. The van der Waals surface area contributed by atoms with E-state index in [1.165, 1.54) is 42.8 Å². The highest BCUT2D eigenvalue weighted by atomic mass is 16.7. The van der Waals surface area contributed by atoms with Gasteiger partial charge in [0.15, 0.2) is 0 Å². The largest absolute Gasteiger partial charge is 0.457 e. The SMILES string of the molecule is CCCCCCOC1CCC(c2ccc(OCOC(=O)c3cc(NC)cc(N4C(=O)C5CC(C4=O)C4C6CC(C(=O)N(C)C6=O)C54)c3)cc2)CC1. The van der Waals surface area contributed by atoms with Crippen molar-refractivity contribution >= 4 is 41.0 Å². The second-order valence-corrected chi connectivity index (χ2v) is 15.0. The second kappa shape index (κ2) is 14.8. The first-order valence-corrected chi connectivity index (χ1v) is 18.7. The maximum Gasteiger partial charge on any atom is 0.341 e. The van der Waals surface area contributed by atoms with E-state index >= 15 is 0 Å². The van der Waals surface area contributed by atoms with Gasteiger partial charge in [-0.3, -0.25) is 24.1 Å². The van der Waals surface area contributed by atoms with Crippen LogP contribution in [-0.2, 0) is 28.7 Å². The number of unbranched alkanes of at least 4 members (excludes halogenated alkanes) is 3. The fraction of sp³-hybridized carbons (Fsp3) is 0.575. The normalized spacial score (nSPS) is 29.7. The van der Waals surface area contributed by atoms with Gasteiger partial charge in [0, 0.05) is 50.1 Å². The van der Waals surface area contributed by atoms with Crippen LogP contribution in [0.15, 0.2) is 42.5 Å². The molecule has 11 heteroatoms. The zero-order chi connectivity index (χ0) is 35.8. The van der Waals surface area contributed by atoms with Crippen LogP contribution in [0.25, 0.3) is 0 Å². The van der Waals surface area contributed by atoms with Crippen LogP contribution in [0.3, 0.4) is 0 Å². The van der Waals surface area contributed by atoms with Crippen molar-refractivity contribution in [2.45, 2.75) is 83.2 Å². The zero-order valence-corrected chi connectivity index (χ0v) is 29.8. The average molecular weight is 700 g/mol. The number of hydrogen-bond donors (Lipinski definition) is 1. The molecule has 6 unspecified atom stereocenters. The molecule has 3 aliphatic carbocycles.